The minimum absolute atomic E-state index is 0.179. The maximum Gasteiger partial charge on any atom is 0.0878 e. The van der Waals surface area contributed by atoms with Crippen LogP contribution in [0.3, 0.4) is 0 Å². The number of hydrogen-bond donors (Lipinski definition) is 2. The fourth-order valence-corrected chi connectivity index (χ4v) is 1.60. The van der Waals surface area contributed by atoms with E-state index >= 15 is 0 Å². The van der Waals surface area contributed by atoms with Gasteiger partial charge in [-0.25, -0.2) is 0 Å². The molecule has 0 fully saturated rings. The Morgan fingerprint density at radius 3 is 3.00 bits per heavy atom. The Morgan fingerprint density at radius 1 is 1.50 bits per heavy atom. The molecule has 0 amide bonds. The van der Waals surface area contributed by atoms with Gasteiger partial charge in [0.2, 0.25) is 0 Å². The molecule has 0 aromatic carbocycles. The third-order valence-corrected chi connectivity index (χ3v) is 2.11. The number of nitrogens with zero attached hydrogens (tertiary/aromatic N) is 1. The summed E-state index contributed by atoms with van der Waals surface area (Å²) < 4.78 is 0. The van der Waals surface area contributed by atoms with Crippen LogP contribution in [0.15, 0.2) is 24.5 Å². The standard InChI is InChI=1S/C11H15N3/c1-11(2,12)6-8-5-10-9(14-7-8)3-4-13-10/h3-5,7,13H,6,12H2,1-2H3. The molecule has 2 heterocycles. The lowest BCUT2D eigenvalue weighted by molar-refractivity contribution is 0.516. The average Bonchev–Trinajstić information content (AvgIpc) is 2.47. The minimum Gasteiger partial charge on any atom is -0.360 e. The number of hydrogen-bond acceptors (Lipinski definition) is 2. The molecule has 2 rings (SSSR count). The molecule has 0 aliphatic rings. The van der Waals surface area contributed by atoms with E-state index in [1.807, 2.05) is 32.3 Å². The summed E-state index contributed by atoms with van der Waals surface area (Å²) in [5.41, 5.74) is 9.02. The Kier molecular flexibility index (Phi) is 2.04. The van der Waals surface area contributed by atoms with E-state index in [0.717, 1.165) is 17.5 Å². The summed E-state index contributed by atoms with van der Waals surface area (Å²) in [6, 6.07) is 4.07. The van der Waals surface area contributed by atoms with Crippen LogP contribution in [-0.4, -0.2) is 15.5 Å². The first-order valence-electron chi connectivity index (χ1n) is 4.75. The van der Waals surface area contributed by atoms with Gasteiger partial charge >= 0.3 is 0 Å². The molecule has 0 bridgehead atoms. The van der Waals surface area contributed by atoms with Gasteiger partial charge in [0.25, 0.3) is 0 Å². The number of aromatic nitrogens is 2. The summed E-state index contributed by atoms with van der Waals surface area (Å²) in [4.78, 5) is 7.48. The van der Waals surface area contributed by atoms with Crippen LogP contribution < -0.4 is 5.73 Å². The molecular weight excluding hydrogens is 174 g/mol. The fraction of sp³-hybridized carbons (Fsp3) is 0.364. The molecule has 3 nitrogen and oxygen atoms in total. The molecule has 0 saturated heterocycles. The molecule has 0 aliphatic carbocycles. The SMILES string of the molecule is CC(C)(N)Cc1cnc2cc[nH]c2c1. The van der Waals surface area contributed by atoms with Crippen LogP contribution in [0.4, 0.5) is 0 Å². The Bertz CT molecular complexity index is 437. The Labute approximate surface area is 83.3 Å². The molecule has 0 atom stereocenters. The average molecular weight is 189 g/mol. The number of H-pyrrole nitrogens is 1. The predicted molar refractivity (Wildman–Crippen MR) is 58.1 cm³/mol. The van der Waals surface area contributed by atoms with Crippen molar-refractivity contribution in [2.45, 2.75) is 25.8 Å². The molecule has 3 N–H and O–H groups in total. The third-order valence-electron chi connectivity index (χ3n) is 2.11. The number of nitrogens with one attached hydrogen (secondary N) is 1. The van der Waals surface area contributed by atoms with Crippen molar-refractivity contribution in [1.29, 1.82) is 0 Å². The zero-order valence-electron chi connectivity index (χ0n) is 8.54. The van der Waals surface area contributed by atoms with E-state index in [9.17, 15) is 0 Å². The number of pyridine rings is 1. The molecule has 0 unspecified atom stereocenters. The zero-order chi connectivity index (χ0) is 10.2. The highest BCUT2D eigenvalue weighted by Gasteiger charge is 2.12. The first-order chi connectivity index (χ1) is 6.54. The van der Waals surface area contributed by atoms with Gasteiger partial charge in [0.05, 0.1) is 11.0 Å². The summed E-state index contributed by atoms with van der Waals surface area (Å²) in [7, 11) is 0. The first kappa shape index (κ1) is 9.21. The van der Waals surface area contributed by atoms with E-state index in [1.165, 1.54) is 5.56 Å². The zero-order valence-corrected chi connectivity index (χ0v) is 8.54. The van der Waals surface area contributed by atoms with Crippen molar-refractivity contribution >= 4 is 11.0 Å². The minimum atomic E-state index is -0.179. The Hall–Kier alpha value is -1.35. The van der Waals surface area contributed by atoms with Crippen molar-refractivity contribution < 1.29 is 0 Å². The highest BCUT2D eigenvalue weighted by molar-refractivity contribution is 5.75. The van der Waals surface area contributed by atoms with Gasteiger partial charge in [-0.2, -0.15) is 0 Å². The van der Waals surface area contributed by atoms with Crippen LogP contribution in [0.5, 0.6) is 0 Å². The lowest BCUT2D eigenvalue weighted by Crippen LogP contribution is -2.34. The normalized spacial score (nSPS) is 12.2. The Morgan fingerprint density at radius 2 is 2.29 bits per heavy atom. The molecule has 0 aliphatic heterocycles. The summed E-state index contributed by atoms with van der Waals surface area (Å²) in [5.74, 6) is 0. The second kappa shape index (κ2) is 3.10. The van der Waals surface area contributed by atoms with Crippen LogP contribution >= 0.6 is 0 Å². The summed E-state index contributed by atoms with van der Waals surface area (Å²) in [6.45, 7) is 4.04. The maximum absolute atomic E-state index is 5.95. The highest BCUT2D eigenvalue weighted by Crippen LogP contribution is 2.14. The molecule has 0 saturated carbocycles. The van der Waals surface area contributed by atoms with Crippen molar-refractivity contribution in [2.75, 3.05) is 0 Å². The third kappa shape index (κ3) is 1.93. The van der Waals surface area contributed by atoms with Crippen molar-refractivity contribution in [3.63, 3.8) is 0 Å². The lowest BCUT2D eigenvalue weighted by atomic mass is 9.97. The van der Waals surface area contributed by atoms with E-state index < -0.39 is 0 Å². The van der Waals surface area contributed by atoms with E-state index in [0.29, 0.717) is 0 Å². The molecular formula is C11H15N3. The fourth-order valence-electron chi connectivity index (χ4n) is 1.60. The molecule has 2 aromatic heterocycles. The molecule has 74 valence electrons. The smallest absolute Gasteiger partial charge is 0.0878 e. The summed E-state index contributed by atoms with van der Waals surface area (Å²) in [5, 5.41) is 0. The van der Waals surface area contributed by atoms with Crippen LogP contribution in [0.25, 0.3) is 11.0 Å². The quantitative estimate of drug-likeness (QED) is 0.757. The molecule has 0 radical (unpaired) electrons. The monoisotopic (exact) mass is 189 g/mol. The van der Waals surface area contributed by atoms with Crippen molar-refractivity contribution in [3.05, 3.63) is 30.1 Å². The molecule has 3 heteroatoms. The highest BCUT2D eigenvalue weighted by atomic mass is 14.8. The first-order valence-corrected chi connectivity index (χ1v) is 4.75. The topological polar surface area (TPSA) is 54.7 Å². The van der Waals surface area contributed by atoms with Gasteiger partial charge in [-0.05, 0) is 38.0 Å². The van der Waals surface area contributed by atoms with Gasteiger partial charge in [-0.1, -0.05) is 0 Å². The van der Waals surface area contributed by atoms with Gasteiger partial charge in [-0.15, -0.1) is 0 Å². The largest absolute Gasteiger partial charge is 0.360 e. The predicted octanol–water partition coefficient (Wildman–Crippen LogP) is 1.84. The number of rotatable bonds is 2. The van der Waals surface area contributed by atoms with Gasteiger partial charge in [0, 0.05) is 17.9 Å². The van der Waals surface area contributed by atoms with E-state index in [4.69, 9.17) is 5.73 Å². The number of fused-ring (bicyclic) bond motifs is 1. The van der Waals surface area contributed by atoms with Gasteiger partial charge < -0.3 is 10.7 Å². The molecule has 14 heavy (non-hydrogen) atoms. The molecule has 2 aromatic rings. The maximum atomic E-state index is 5.95. The summed E-state index contributed by atoms with van der Waals surface area (Å²) >= 11 is 0. The van der Waals surface area contributed by atoms with Crippen LogP contribution in [0, 0.1) is 0 Å². The van der Waals surface area contributed by atoms with Crippen molar-refractivity contribution in [2.24, 2.45) is 5.73 Å². The van der Waals surface area contributed by atoms with Crippen LogP contribution in [0.2, 0.25) is 0 Å². The van der Waals surface area contributed by atoms with Crippen LogP contribution in [-0.2, 0) is 6.42 Å². The second-order valence-electron chi connectivity index (χ2n) is 4.42. The van der Waals surface area contributed by atoms with E-state index in [1.54, 1.807) is 0 Å². The van der Waals surface area contributed by atoms with Crippen LogP contribution in [0.1, 0.15) is 19.4 Å². The van der Waals surface area contributed by atoms with E-state index in [-0.39, 0.29) is 5.54 Å². The van der Waals surface area contributed by atoms with Crippen molar-refractivity contribution in [1.82, 2.24) is 9.97 Å². The molecule has 0 spiro atoms. The number of aromatic amines is 1. The van der Waals surface area contributed by atoms with E-state index in [2.05, 4.69) is 16.0 Å². The van der Waals surface area contributed by atoms with Crippen molar-refractivity contribution in [3.8, 4) is 0 Å². The second-order valence-corrected chi connectivity index (χ2v) is 4.42. The van der Waals surface area contributed by atoms with Gasteiger partial charge in [-0.3, -0.25) is 4.98 Å². The van der Waals surface area contributed by atoms with Gasteiger partial charge in [0.15, 0.2) is 0 Å². The Balaban J connectivity index is 2.35. The van der Waals surface area contributed by atoms with Gasteiger partial charge in [0.1, 0.15) is 0 Å². The lowest BCUT2D eigenvalue weighted by Gasteiger charge is -2.17. The summed E-state index contributed by atoms with van der Waals surface area (Å²) in [6.07, 6.45) is 4.63. The number of nitrogens with two attached hydrogens (primary N) is 1.